The number of nitrogens with one attached hydrogen (secondary N) is 1. The van der Waals surface area contributed by atoms with Gasteiger partial charge in [0.15, 0.2) is 11.5 Å². The molecular weight excluding hydrogens is 392 g/mol. The van der Waals surface area contributed by atoms with E-state index in [0.717, 1.165) is 18.4 Å². The van der Waals surface area contributed by atoms with Crippen LogP contribution in [0.25, 0.3) is 0 Å². The molecule has 1 atom stereocenters. The second-order valence-corrected chi connectivity index (χ2v) is 9.20. The van der Waals surface area contributed by atoms with Gasteiger partial charge in [-0.1, -0.05) is 19.1 Å². The van der Waals surface area contributed by atoms with E-state index >= 15 is 0 Å². The molecule has 1 N–H and O–H groups in total. The van der Waals surface area contributed by atoms with Crippen LogP contribution in [0.1, 0.15) is 25.3 Å². The molecule has 0 fully saturated rings. The van der Waals surface area contributed by atoms with Gasteiger partial charge >= 0.3 is 0 Å². The number of rotatable bonds is 5. The molecule has 2 aromatic carbocycles. The van der Waals surface area contributed by atoms with Gasteiger partial charge in [0.25, 0.3) is 5.91 Å². The highest BCUT2D eigenvalue weighted by molar-refractivity contribution is 7.92. The van der Waals surface area contributed by atoms with Crippen LogP contribution < -0.4 is 19.1 Å². The molecule has 7 nitrogen and oxygen atoms in total. The molecule has 0 aromatic heterocycles. The van der Waals surface area contributed by atoms with Gasteiger partial charge in [-0.3, -0.25) is 9.10 Å². The first kappa shape index (κ1) is 19.6. The monoisotopic (exact) mass is 416 g/mol. The van der Waals surface area contributed by atoms with Gasteiger partial charge < -0.3 is 14.8 Å². The van der Waals surface area contributed by atoms with E-state index in [1.165, 1.54) is 4.31 Å². The number of carbonyl (C=O) groups excluding carboxylic acids is 1. The molecule has 2 aromatic rings. The van der Waals surface area contributed by atoms with E-state index < -0.39 is 16.1 Å². The van der Waals surface area contributed by atoms with Crippen LogP contribution in [0.5, 0.6) is 11.5 Å². The van der Waals surface area contributed by atoms with Crippen LogP contribution in [-0.4, -0.2) is 39.3 Å². The third-order valence-corrected chi connectivity index (χ3v) is 7.00. The van der Waals surface area contributed by atoms with Crippen LogP contribution in [0.2, 0.25) is 0 Å². The van der Waals surface area contributed by atoms with Crippen molar-refractivity contribution in [2.45, 2.75) is 32.3 Å². The largest absolute Gasteiger partial charge is 0.485 e. The number of ether oxygens (including phenoxy) is 2. The molecule has 1 unspecified atom stereocenters. The highest BCUT2D eigenvalue weighted by Crippen LogP contribution is 2.33. The minimum Gasteiger partial charge on any atom is -0.485 e. The predicted molar refractivity (Wildman–Crippen MR) is 111 cm³/mol. The summed E-state index contributed by atoms with van der Waals surface area (Å²) in [5.74, 6) is 0.997. The van der Waals surface area contributed by atoms with E-state index in [9.17, 15) is 13.2 Å². The Morgan fingerprint density at radius 1 is 1.21 bits per heavy atom. The summed E-state index contributed by atoms with van der Waals surface area (Å²) >= 11 is 0. The van der Waals surface area contributed by atoms with Crippen molar-refractivity contribution in [3.63, 3.8) is 0 Å². The van der Waals surface area contributed by atoms with Gasteiger partial charge in [0.1, 0.15) is 6.61 Å². The van der Waals surface area contributed by atoms with Gasteiger partial charge in [0.2, 0.25) is 16.1 Å². The summed E-state index contributed by atoms with van der Waals surface area (Å²) in [7, 11) is -3.32. The summed E-state index contributed by atoms with van der Waals surface area (Å²) in [5.41, 5.74) is 2.24. The van der Waals surface area contributed by atoms with Crippen LogP contribution in [0.3, 0.4) is 0 Å². The van der Waals surface area contributed by atoms with Crippen molar-refractivity contribution in [2.75, 3.05) is 28.5 Å². The number of aryl methyl sites for hydroxylation is 1. The summed E-state index contributed by atoms with van der Waals surface area (Å²) in [5, 5.41) is 2.86. The minimum absolute atomic E-state index is 0.130. The molecule has 0 radical (unpaired) electrons. The van der Waals surface area contributed by atoms with Gasteiger partial charge in [-0.25, -0.2) is 8.42 Å². The highest BCUT2D eigenvalue weighted by atomic mass is 32.2. The Balaban J connectivity index is 1.49. The summed E-state index contributed by atoms with van der Waals surface area (Å²) in [6.45, 7) is 2.49. The minimum atomic E-state index is -3.32. The molecule has 4 rings (SSSR count). The number of benzene rings is 2. The van der Waals surface area contributed by atoms with Crippen LogP contribution in [-0.2, 0) is 21.2 Å². The Kier molecular flexibility index (Phi) is 5.36. The normalized spacial score (nSPS) is 18.1. The average Bonchev–Trinajstić information content (AvgIpc) is 2.72. The van der Waals surface area contributed by atoms with Crippen molar-refractivity contribution in [3.05, 3.63) is 48.0 Å². The van der Waals surface area contributed by atoms with Crippen LogP contribution in [0.4, 0.5) is 11.4 Å². The maximum Gasteiger partial charge on any atom is 0.269 e. The first-order valence-electron chi connectivity index (χ1n) is 9.80. The second-order valence-electron chi connectivity index (χ2n) is 7.19. The van der Waals surface area contributed by atoms with E-state index in [-0.39, 0.29) is 18.3 Å². The average molecular weight is 416 g/mol. The zero-order valence-electron chi connectivity index (χ0n) is 16.3. The van der Waals surface area contributed by atoms with Gasteiger partial charge in [0.05, 0.1) is 11.4 Å². The second kappa shape index (κ2) is 7.94. The molecule has 8 heteroatoms. The van der Waals surface area contributed by atoms with Crippen molar-refractivity contribution in [3.8, 4) is 11.5 Å². The highest BCUT2D eigenvalue weighted by Gasteiger charge is 2.29. The molecule has 2 aliphatic rings. The zero-order valence-corrected chi connectivity index (χ0v) is 17.1. The van der Waals surface area contributed by atoms with Gasteiger partial charge in [-0.05, 0) is 55.2 Å². The summed E-state index contributed by atoms with van der Waals surface area (Å²) in [6, 6.07) is 12.6. The van der Waals surface area contributed by atoms with E-state index in [1.54, 1.807) is 24.3 Å². The van der Waals surface area contributed by atoms with Crippen molar-refractivity contribution >= 4 is 27.3 Å². The molecule has 0 aliphatic carbocycles. The molecule has 2 aliphatic heterocycles. The lowest BCUT2D eigenvalue weighted by atomic mass is 10.0. The number of hydrogen-bond donors (Lipinski definition) is 1. The van der Waals surface area contributed by atoms with Gasteiger partial charge in [0, 0.05) is 12.2 Å². The van der Waals surface area contributed by atoms with Gasteiger partial charge in [-0.15, -0.1) is 0 Å². The lowest BCUT2D eigenvalue weighted by Gasteiger charge is -2.31. The van der Waals surface area contributed by atoms with E-state index in [4.69, 9.17) is 9.47 Å². The Hall–Kier alpha value is -2.74. The Labute approximate surface area is 170 Å². The van der Waals surface area contributed by atoms with Crippen LogP contribution >= 0.6 is 0 Å². The smallest absolute Gasteiger partial charge is 0.269 e. The first-order valence-corrected chi connectivity index (χ1v) is 11.4. The first-order chi connectivity index (χ1) is 14.0. The Morgan fingerprint density at radius 2 is 2.00 bits per heavy atom. The standard InChI is InChI=1S/C21H24N2O5S/c1-2-12-29(25,26)23-11-5-6-15-13-16(9-10-17(15)23)22-21(24)20-14-27-18-7-3-4-8-19(18)28-20/h3-4,7-10,13,20H,2,5-6,11-12,14H2,1H3,(H,22,24). The van der Waals surface area contributed by atoms with Crippen LogP contribution in [0.15, 0.2) is 42.5 Å². The summed E-state index contributed by atoms with van der Waals surface area (Å²) < 4.78 is 37.9. The lowest BCUT2D eigenvalue weighted by Crippen LogP contribution is -2.40. The molecular formula is C21H24N2O5S. The molecule has 154 valence electrons. The van der Waals surface area contributed by atoms with Gasteiger partial charge in [-0.2, -0.15) is 0 Å². The number of fused-ring (bicyclic) bond motifs is 2. The number of nitrogens with zero attached hydrogens (tertiary/aromatic N) is 1. The fourth-order valence-electron chi connectivity index (χ4n) is 3.67. The molecule has 29 heavy (non-hydrogen) atoms. The molecule has 0 spiro atoms. The number of carbonyl (C=O) groups is 1. The number of para-hydroxylation sites is 2. The quantitative estimate of drug-likeness (QED) is 0.810. The number of amides is 1. The van der Waals surface area contributed by atoms with Crippen LogP contribution in [0, 0.1) is 0 Å². The SMILES string of the molecule is CCCS(=O)(=O)N1CCCc2cc(NC(=O)C3COc4ccccc4O3)ccc21. The maximum atomic E-state index is 12.6. The molecule has 0 saturated heterocycles. The summed E-state index contributed by atoms with van der Waals surface area (Å²) in [6.07, 6.45) is 1.36. The number of hydrogen-bond acceptors (Lipinski definition) is 5. The van der Waals surface area contributed by atoms with Crippen molar-refractivity contribution in [1.82, 2.24) is 0 Å². The molecule has 0 saturated carbocycles. The lowest BCUT2D eigenvalue weighted by molar-refractivity contribution is -0.125. The van der Waals surface area contributed by atoms with E-state index in [2.05, 4.69) is 5.32 Å². The third kappa shape index (κ3) is 4.03. The maximum absolute atomic E-state index is 12.6. The molecule has 2 heterocycles. The van der Waals surface area contributed by atoms with Crippen molar-refractivity contribution in [1.29, 1.82) is 0 Å². The zero-order chi connectivity index (χ0) is 20.4. The van der Waals surface area contributed by atoms with E-state index in [0.29, 0.717) is 35.8 Å². The molecule has 0 bridgehead atoms. The van der Waals surface area contributed by atoms with Crippen molar-refractivity contribution < 1.29 is 22.7 Å². The predicted octanol–water partition coefficient (Wildman–Crippen LogP) is 2.96. The number of sulfonamides is 1. The number of anilines is 2. The fraction of sp³-hybridized carbons (Fsp3) is 0.381. The Morgan fingerprint density at radius 3 is 2.79 bits per heavy atom. The van der Waals surface area contributed by atoms with Crippen molar-refractivity contribution in [2.24, 2.45) is 0 Å². The third-order valence-electron chi connectivity index (χ3n) is 5.02. The Bertz CT molecular complexity index is 1020. The molecule has 1 amide bonds. The van der Waals surface area contributed by atoms with E-state index in [1.807, 2.05) is 25.1 Å². The topological polar surface area (TPSA) is 84.9 Å². The fourth-order valence-corrected chi connectivity index (χ4v) is 5.29. The summed E-state index contributed by atoms with van der Waals surface area (Å²) in [4.78, 5) is 12.6.